The number of amides is 2. The molecule has 2 amide bonds. The number of carbonyl (C=O) groups is 2. The number of piperazine rings is 1. The highest BCUT2D eigenvalue weighted by Crippen LogP contribution is 2.15. The lowest BCUT2D eigenvalue weighted by atomic mass is 10.2. The summed E-state index contributed by atoms with van der Waals surface area (Å²) in [6, 6.07) is 5.04. The van der Waals surface area contributed by atoms with Gasteiger partial charge in [0.1, 0.15) is 5.69 Å². The third-order valence-electron chi connectivity index (χ3n) is 4.47. The van der Waals surface area contributed by atoms with Crippen LogP contribution in [0.1, 0.15) is 33.2 Å². The predicted molar refractivity (Wildman–Crippen MR) is 102 cm³/mol. The van der Waals surface area contributed by atoms with Crippen LogP contribution in [0.4, 0.5) is 5.95 Å². The zero-order chi connectivity index (χ0) is 19.9. The van der Waals surface area contributed by atoms with Crippen LogP contribution in [0.25, 0.3) is 0 Å². The van der Waals surface area contributed by atoms with Crippen molar-refractivity contribution >= 4 is 17.8 Å². The Bertz CT molecular complexity index is 801. The molecular formula is C19H25N5O4. The number of hydrogen-bond acceptors (Lipinski definition) is 7. The van der Waals surface area contributed by atoms with Crippen molar-refractivity contribution in [1.82, 2.24) is 20.2 Å². The summed E-state index contributed by atoms with van der Waals surface area (Å²) in [6.07, 6.45) is 2.23. The lowest BCUT2D eigenvalue weighted by Gasteiger charge is -2.34. The molecule has 0 aliphatic carbocycles. The summed E-state index contributed by atoms with van der Waals surface area (Å²) in [5.74, 6) is 0.500. The minimum atomic E-state index is -0.227. The van der Waals surface area contributed by atoms with Crippen molar-refractivity contribution in [3.8, 4) is 0 Å². The molecule has 3 heterocycles. The van der Waals surface area contributed by atoms with Gasteiger partial charge in [0, 0.05) is 52.1 Å². The Morgan fingerprint density at radius 1 is 1.25 bits per heavy atom. The van der Waals surface area contributed by atoms with Crippen molar-refractivity contribution in [2.24, 2.45) is 0 Å². The molecule has 150 valence electrons. The number of nitrogens with zero attached hydrogens (tertiary/aromatic N) is 4. The second-order valence-corrected chi connectivity index (χ2v) is 6.55. The van der Waals surface area contributed by atoms with E-state index in [9.17, 15) is 9.59 Å². The molecule has 9 heteroatoms. The third kappa shape index (κ3) is 4.86. The molecule has 0 unspecified atom stereocenters. The zero-order valence-electron chi connectivity index (χ0n) is 16.2. The van der Waals surface area contributed by atoms with E-state index in [2.05, 4.69) is 15.3 Å². The normalized spacial score (nSPS) is 14.2. The summed E-state index contributed by atoms with van der Waals surface area (Å²) in [6.45, 7) is 5.21. The molecule has 0 saturated carbocycles. The van der Waals surface area contributed by atoms with Gasteiger partial charge in [-0.05, 0) is 31.5 Å². The summed E-state index contributed by atoms with van der Waals surface area (Å²) < 4.78 is 10.2. The predicted octanol–water partition coefficient (Wildman–Crippen LogP) is 1.11. The topological polar surface area (TPSA) is 101 Å². The van der Waals surface area contributed by atoms with Crippen LogP contribution in [0.15, 0.2) is 28.9 Å². The minimum Gasteiger partial charge on any atom is -0.459 e. The molecule has 1 aliphatic rings. The molecule has 0 radical (unpaired) electrons. The zero-order valence-corrected chi connectivity index (χ0v) is 16.2. The first-order valence-corrected chi connectivity index (χ1v) is 9.29. The van der Waals surface area contributed by atoms with E-state index in [4.69, 9.17) is 9.15 Å². The number of anilines is 1. The van der Waals surface area contributed by atoms with Crippen LogP contribution in [0.2, 0.25) is 0 Å². The third-order valence-corrected chi connectivity index (χ3v) is 4.47. The van der Waals surface area contributed by atoms with E-state index in [0.717, 1.165) is 12.1 Å². The smallest absolute Gasteiger partial charge is 0.289 e. The number of carbonyl (C=O) groups excluding carboxylic acids is 2. The highest BCUT2D eigenvalue weighted by Gasteiger charge is 2.25. The second kappa shape index (κ2) is 9.32. The average molecular weight is 387 g/mol. The Balaban J connectivity index is 1.60. The highest BCUT2D eigenvalue weighted by atomic mass is 16.5. The standard InChI is InChI=1S/C19H25N5O4/c1-14-13-15(17(25)20-6-4-11-27-2)22-19(21-14)24-9-7-23(8-10-24)18(26)16-5-3-12-28-16/h3,5,12-13H,4,6-11H2,1-2H3,(H,20,25). The molecule has 9 nitrogen and oxygen atoms in total. The molecule has 1 fully saturated rings. The fraction of sp³-hybridized carbons (Fsp3) is 0.474. The van der Waals surface area contributed by atoms with E-state index in [1.54, 1.807) is 30.2 Å². The first-order valence-electron chi connectivity index (χ1n) is 9.29. The van der Waals surface area contributed by atoms with Crippen LogP contribution in [0, 0.1) is 6.92 Å². The Hall–Kier alpha value is -2.94. The van der Waals surface area contributed by atoms with Crippen molar-refractivity contribution in [2.75, 3.05) is 51.3 Å². The van der Waals surface area contributed by atoms with Gasteiger partial charge in [0.2, 0.25) is 5.95 Å². The van der Waals surface area contributed by atoms with E-state index in [0.29, 0.717) is 56.7 Å². The molecule has 0 bridgehead atoms. The van der Waals surface area contributed by atoms with Crippen LogP contribution in [0.5, 0.6) is 0 Å². The maximum Gasteiger partial charge on any atom is 0.289 e. The largest absolute Gasteiger partial charge is 0.459 e. The first kappa shape index (κ1) is 19.8. The molecule has 28 heavy (non-hydrogen) atoms. The maximum atomic E-state index is 12.4. The Kier molecular flexibility index (Phi) is 6.59. The van der Waals surface area contributed by atoms with Gasteiger partial charge < -0.3 is 24.3 Å². The number of methoxy groups -OCH3 is 1. The van der Waals surface area contributed by atoms with Crippen molar-refractivity contribution < 1.29 is 18.7 Å². The SMILES string of the molecule is COCCCNC(=O)c1cc(C)nc(N2CCN(C(=O)c3ccco3)CC2)n1. The Labute approximate surface area is 163 Å². The molecular weight excluding hydrogens is 362 g/mol. The monoisotopic (exact) mass is 387 g/mol. The highest BCUT2D eigenvalue weighted by molar-refractivity contribution is 5.93. The van der Waals surface area contributed by atoms with Crippen LogP contribution in [-0.4, -0.2) is 73.1 Å². The quantitative estimate of drug-likeness (QED) is 0.710. The van der Waals surface area contributed by atoms with Crippen LogP contribution in [0.3, 0.4) is 0 Å². The molecule has 0 spiro atoms. The van der Waals surface area contributed by atoms with Crippen LogP contribution >= 0.6 is 0 Å². The van der Waals surface area contributed by atoms with Crippen LogP contribution in [-0.2, 0) is 4.74 Å². The first-order chi connectivity index (χ1) is 13.6. The number of aromatic nitrogens is 2. The average Bonchev–Trinajstić information content (AvgIpc) is 3.25. The van der Waals surface area contributed by atoms with Crippen LogP contribution < -0.4 is 10.2 Å². The molecule has 1 aliphatic heterocycles. The van der Waals surface area contributed by atoms with Gasteiger partial charge in [-0.25, -0.2) is 9.97 Å². The summed E-state index contributed by atoms with van der Waals surface area (Å²) in [7, 11) is 1.63. The van der Waals surface area contributed by atoms with Gasteiger partial charge in [0.05, 0.1) is 6.26 Å². The van der Waals surface area contributed by atoms with E-state index < -0.39 is 0 Å². The molecule has 0 atom stereocenters. The number of nitrogens with one attached hydrogen (secondary N) is 1. The fourth-order valence-corrected chi connectivity index (χ4v) is 2.99. The number of aryl methyl sites for hydroxylation is 1. The summed E-state index contributed by atoms with van der Waals surface area (Å²) in [4.78, 5) is 37.3. The number of furan rings is 1. The number of ether oxygens (including phenoxy) is 1. The van der Waals surface area contributed by atoms with Gasteiger partial charge in [-0.1, -0.05) is 0 Å². The van der Waals surface area contributed by atoms with Gasteiger partial charge >= 0.3 is 0 Å². The van der Waals surface area contributed by atoms with E-state index in [-0.39, 0.29) is 11.8 Å². The van der Waals surface area contributed by atoms with Crippen molar-refractivity contribution in [3.05, 3.63) is 41.6 Å². The second-order valence-electron chi connectivity index (χ2n) is 6.55. The van der Waals surface area contributed by atoms with Gasteiger partial charge in [0.15, 0.2) is 5.76 Å². The van der Waals surface area contributed by atoms with Crippen molar-refractivity contribution in [1.29, 1.82) is 0 Å². The molecule has 0 aromatic carbocycles. The van der Waals surface area contributed by atoms with E-state index in [1.807, 2.05) is 11.8 Å². The summed E-state index contributed by atoms with van der Waals surface area (Å²) >= 11 is 0. The molecule has 1 N–H and O–H groups in total. The van der Waals surface area contributed by atoms with Gasteiger partial charge in [-0.15, -0.1) is 0 Å². The Morgan fingerprint density at radius 3 is 2.71 bits per heavy atom. The van der Waals surface area contributed by atoms with Crippen molar-refractivity contribution in [2.45, 2.75) is 13.3 Å². The van der Waals surface area contributed by atoms with E-state index in [1.165, 1.54) is 6.26 Å². The lowest BCUT2D eigenvalue weighted by molar-refractivity contribution is 0.0714. The van der Waals surface area contributed by atoms with E-state index >= 15 is 0 Å². The van der Waals surface area contributed by atoms with Gasteiger partial charge in [-0.2, -0.15) is 0 Å². The molecule has 1 saturated heterocycles. The summed E-state index contributed by atoms with van der Waals surface area (Å²) in [5, 5.41) is 2.84. The maximum absolute atomic E-state index is 12.4. The van der Waals surface area contributed by atoms with Gasteiger partial charge in [-0.3, -0.25) is 9.59 Å². The summed E-state index contributed by atoms with van der Waals surface area (Å²) in [5.41, 5.74) is 1.06. The number of hydrogen-bond donors (Lipinski definition) is 1. The lowest BCUT2D eigenvalue weighted by Crippen LogP contribution is -2.49. The molecule has 2 aromatic heterocycles. The van der Waals surface area contributed by atoms with Crippen molar-refractivity contribution in [3.63, 3.8) is 0 Å². The van der Waals surface area contributed by atoms with Gasteiger partial charge in [0.25, 0.3) is 11.8 Å². The fourth-order valence-electron chi connectivity index (χ4n) is 2.99. The molecule has 2 aromatic rings. The molecule has 3 rings (SSSR count). The number of rotatable bonds is 7. The minimum absolute atomic E-state index is 0.120. The Morgan fingerprint density at radius 2 is 2.04 bits per heavy atom.